The van der Waals surface area contributed by atoms with E-state index in [1.165, 1.54) is 0 Å². The predicted octanol–water partition coefficient (Wildman–Crippen LogP) is 0.528. The summed E-state index contributed by atoms with van der Waals surface area (Å²) in [6, 6.07) is 0. The predicted molar refractivity (Wildman–Crippen MR) is 58.5 cm³/mol. The smallest absolute Gasteiger partial charge is 0.407 e. The van der Waals surface area contributed by atoms with Crippen LogP contribution in [-0.4, -0.2) is 31.8 Å². The number of amides is 1. The van der Waals surface area contributed by atoms with E-state index in [0.717, 1.165) is 12.5 Å². The summed E-state index contributed by atoms with van der Waals surface area (Å²) in [5.41, 5.74) is 5.58. The fourth-order valence-electron chi connectivity index (χ4n) is 0.804. The maximum absolute atomic E-state index is 11.0. The van der Waals surface area contributed by atoms with Gasteiger partial charge in [0.2, 0.25) is 0 Å². The largest absolute Gasteiger partial charge is 0.463 e. The Morgan fingerprint density at radius 2 is 2.00 bits per heavy atom. The highest BCUT2D eigenvalue weighted by atomic mass is 16.5. The summed E-state index contributed by atoms with van der Waals surface area (Å²) in [7, 11) is 0. The van der Waals surface area contributed by atoms with Crippen molar-refractivity contribution in [2.75, 3.05) is 19.8 Å². The van der Waals surface area contributed by atoms with Crippen molar-refractivity contribution in [1.29, 1.82) is 0 Å². The van der Waals surface area contributed by atoms with E-state index in [-0.39, 0.29) is 18.9 Å². The van der Waals surface area contributed by atoms with Crippen molar-refractivity contribution in [3.8, 4) is 0 Å². The van der Waals surface area contributed by atoms with E-state index in [0.29, 0.717) is 6.54 Å². The lowest BCUT2D eigenvalue weighted by Crippen LogP contribution is -2.26. The van der Waals surface area contributed by atoms with E-state index in [1.54, 1.807) is 6.92 Å². The van der Waals surface area contributed by atoms with Crippen molar-refractivity contribution in [3.05, 3.63) is 11.8 Å². The monoisotopic (exact) mass is 230 g/mol. The van der Waals surface area contributed by atoms with Crippen LogP contribution in [0.25, 0.3) is 0 Å². The molecule has 0 aromatic rings. The first-order chi connectivity index (χ1) is 7.60. The fourth-order valence-corrected chi connectivity index (χ4v) is 0.804. The number of rotatable bonds is 6. The first-order valence-electron chi connectivity index (χ1n) is 5.13. The lowest BCUT2D eigenvalue weighted by molar-refractivity contribution is -0.137. The van der Waals surface area contributed by atoms with Gasteiger partial charge in [-0.1, -0.05) is 6.92 Å². The van der Waals surface area contributed by atoms with Crippen molar-refractivity contribution in [2.45, 2.75) is 20.3 Å². The molecule has 0 heterocycles. The number of esters is 1. The van der Waals surface area contributed by atoms with Crippen LogP contribution in [0.1, 0.15) is 20.3 Å². The first-order valence-corrected chi connectivity index (χ1v) is 5.13. The molecular formula is C10H18N2O4. The van der Waals surface area contributed by atoms with Crippen molar-refractivity contribution in [2.24, 2.45) is 5.73 Å². The number of hydrogen-bond donors (Lipinski definition) is 2. The van der Waals surface area contributed by atoms with Crippen LogP contribution < -0.4 is 11.1 Å². The van der Waals surface area contributed by atoms with Gasteiger partial charge in [0.15, 0.2) is 0 Å². The minimum Gasteiger partial charge on any atom is -0.463 e. The molecule has 6 nitrogen and oxygen atoms in total. The summed E-state index contributed by atoms with van der Waals surface area (Å²) < 4.78 is 9.37. The molecule has 0 bridgehead atoms. The Morgan fingerprint density at radius 1 is 1.31 bits per heavy atom. The van der Waals surface area contributed by atoms with Gasteiger partial charge < -0.3 is 20.5 Å². The molecule has 0 aromatic heterocycles. The Hall–Kier alpha value is -1.72. The molecule has 0 spiro atoms. The number of hydrogen-bond acceptors (Lipinski definition) is 5. The molecule has 3 N–H and O–H groups in total. The summed E-state index contributed by atoms with van der Waals surface area (Å²) in [6.07, 6.45) is 1.36. The van der Waals surface area contributed by atoms with Gasteiger partial charge in [0.1, 0.15) is 6.61 Å². The van der Waals surface area contributed by atoms with E-state index >= 15 is 0 Å². The number of carbonyl (C=O) groups excluding carboxylic acids is 2. The van der Waals surface area contributed by atoms with Gasteiger partial charge >= 0.3 is 12.1 Å². The molecule has 0 aliphatic heterocycles. The molecule has 16 heavy (non-hydrogen) atoms. The van der Waals surface area contributed by atoms with Gasteiger partial charge in [-0.2, -0.15) is 0 Å². The molecule has 0 radical (unpaired) electrons. The highest BCUT2D eigenvalue weighted by Crippen LogP contribution is 1.90. The summed E-state index contributed by atoms with van der Waals surface area (Å²) in [5.74, 6) is -0.544. The van der Waals surface area contributed by atoms with Gasteiger partial charge in [-0.15, -0.1) is 0 Å². The summed E-state index contributed by atoms with van der Waals surface area (Å²) in [5, 5.41) is 2.51. The second-order valence-electron chi connectivity index (χ2n) is 2.97. The Morgan fingerprint density at radius 3 is 2.56 bits per heavy atom. The molecule has 0 rings (SSSR count). The van der Waals surface area contributed by atoms with Gasteiger partial charge in [0.05, 0.1) is 12.3 Å². The third kappa shape index (κ3) is 7.66. The molecule has 0 saturated heterocycles. The molecule has 1 amide bonds. The van der Waals surface area contributed by atoms with Crippen molar-refractivity contribution in [1.82, 2.24) is 5.32 Å². The van der Waals surface area contributed by atoms with Crippen molar-refractivity contribution in [3.63, 3.8) is 0 Å². The van der Waals surface area contributed by atoms with Crippen LogP contribution >= 0.6 is 0 Å². The quantitative estimate of drug-likeness (QED) is 0.513. The molecule has 0 aromatic carbocycles. The van der Waals surface area contributed by atoms with Crippen LogP contribution in [0.3, 0.4) is 0 Å². The number of ether oxygens (including phenoxy) is 2. The average molecular weight is 230 g/mol. The number of nitrogens with two attached hydrogens (primary N) is 1. The van der Waals surface area contributed by atoms with E-state index < -0.39 is 12.1 Å². The molecule has 0 aliphatic rings. The molecule has 0 unspecified atom stereocenters. The maximum Gasteiger partial charge on any atom is 0.407 e. The summed E-state index contributed by atoms with van der Waals surface area (Å²) in [4.78, 5) is 21.9. The Labute approximate surface area is 94.8 Å². The van der Waals surface area contributed by atoms with Crippen molar-refractivity contribution < 1.29 is 19.1 Å². The zero-order chi connectivity index (χ0) is 12.4. The van der Waals surface area contributed by atoms with E-state index in [1.807, 2.05) is 6.92 Å². The molecule has 0 fully saturated rings. The lowest BCUT2D eigenvalue weighted by atomic mass is 10.4. The minimum atomic E-state index is -0.554. The average Bonchev–Trinajstić information content (AvgIpc) is 2.23. The standard InChI is InChI=1S/C10H18N2O4/c1-3-5-12-10(14)16-7-8(11)6-9(13)15-4-2/h6H,3-5,7,11H2,1-2H3,(H,12,14)/b8-6-. The summed E-state index contributed by atoms with van der Waals surface area (Å²) >= 11 is 0. The molecular weight excluding hydrogens is 212 g/mol. The minimum absolute atomic E-state index is 0.131. The molecule has 0 saturated carbocycles. The van der Waals surface area contributed by atoms with Crippen LogP contribution in [-0.2, 0) is 14.3 Å². The van der Waals surface area contributed by atoms with Gasteiger partial charge in [0, 0.05) is 12.6 Å². The zero-order valence-corrected chi connectivity index (χ0v) is 9.62. The van der Waals surface area contributed by atoms with Crippen LogP contribution in [0, 0.1) is 0 Å². The van der Waals surface area contributed by atoms with Crippen LogP contribution in [0.5, 0.6) is 0 Å². The van der Waals surface area contributed by atoms with Gasteiger partial charge in [-0.05, 0) is 13.3 Å². The van der Waals surface area contributed by atoms with E-state index in [4.69, 9.17) is 10.5 Å². The molecule has 0 aliphatic carbocycles. The fraction of sp³-hybridized carbons (Fsp3) is 0.600. The third-order valence-electron chi connectivity index (χ3n) is 1.48. The van der Waals surface area contributed by atoms with Crippen LogP contribution in [0.4, 0.5) is 4.79 Å². The Kier molecular flexibility index (Phi) is 7.66. The van der Waals surface area contributed by atoms with Gasteiger partial charge in [-0.3, -0.25) is 0 Å². The molecule has 0 atom stereocenters. The number of alkyl carbamates (subject to hydrolysis) is 1. The van der Waals surface area contributed by atoms with Gasteiger partial charge in [0.25, 0.3) is 0 Å². The molecule has 92 valence electrons. The number of nitrogens with one attached hydrogen (secondary N) is 1. The maximum atomic E-state index is 11.0. The second kappa shape index (κ2) is 8.58. The van der Waals surface area contributed by atoms with Crippen molar-refractivity contribution >= 4 is 12.1 Å². The third-order valence-corrected chi connectivity index (χ3v) is 1.48. The van der Waals surface area contributed by atoms with Crippen LogP contribution in [0.15, 0.2) is 11.8 Å². The zero-order valence-electron chi connectivity index (χ0n) is 9.62. The Bertz CT molecular complexity index is 264. The van der Waals surface area contributed by atoms with E-state index in [2.05, 4.69) is 10.1 Å². The van der Waals surface area contributed by atoms with E-state index in [9.17, 15) is 9.59 Å². The molecule has 6 heteroatoms. The Balaban J connectivity index is 3.83. The topological polar surface area (TPSA) is 90.6 Å². The van der Waals surface area contributed by atoms with Gasteiger partial charge in [-0.25, -0.2) is 9.59 Å². The lowest BCUT2D eigenvalue weighted by Gasteiger charge is -2.05. The summed E-state index contributed by atoms with van der Waals surface area (Å²) in [6.45, 7) is 4.31. The SMILES string of the molecule is CCCNC(=O)OC/C(N)=C/C(=O)OCC. The second-order valence-corrected chi connectivity index (χ2v) is 2.97. The highest BCUT2D eigenvalue weighted by Gasteiger charge is 2.03. The normalized spacial score (nSPS) is 10.8. The highest BCUT2D eigenvalue weighted by molar-refractivity contribution is 5.82. The first kappa shape index (κ1) is 14.3. The van der Waals surface area contributed by atoms with Crippen LogP contribution in [0.2, 0.25) is 0 Å². The number of carbonyl (C=O) groups is 2.